The van der Waals surface area contributed by atoms with Crippen LogP contribution in [0.25, 0.3) is 0 Å². The van der Waals surface area contributed by atoms with Gasteiger partial charge in [0.1, 0.15) is 0 Å². The molecule has 1 heterocycles. The van der Waals surface area contributed by atoms with E-state index in [1.165, 1.54) is 32.1 Å². The molecule has 4 rings (SSSR count). The van der Waals surface area contributed by atoms with Crippen molar-refractivity contribution < 1.29 is 14.6 Å². The van der Waals surface area contributed by atoms with Crippen LogP contribution in [0.4, 0.5) is 0 Å². The molecule has 0 saturated heterocycles. The van der Waals surface area contributed by atoms with Crippen molar-refractivity contribution in [3.63, 3.8) is 0 Å². The Balaban J connectivity index is 1.52. The van der Waals surface area contributed by atoms with E-state index >= 15 is 0 Å². The molecule has 0 bridgehead atoms. The lowest BCUT2D eigenvalue weighted by Gasteiger charge is -2.59. The number of rotatable bonds is 9. The van der Waals surface area contributed by atoms with Crippen LogP contribution in [0.3, 0.4) is 0 Å². The van der Waals surface area contributed by atoms with E-state index in [9.17, 15) is 9.90 Å². The SMILES string of the molecule is COCC[C@@H]1CC[C@@H]2[C@H](CC[C@]3(C)[C@@H](C(=O)Cn4ccnc4)CC[C@@H]23)[C@@]1(C)CCCO. The van der Waals surface area contributed by atoms with Gasteiger partial charge in [-0.3, -0.25) is 4.79 Å². The van der Waals surface area contributed by atoms with Crippen molar-refractivity contribution in [1.29, 1.82) is 0 Å². The molecule has 3 saturated carbocycles. The summed E-state index contributed by atoms with van der Waals surface area (Å²) >= 11 is 0. The van der Waals surface area contributed by atoms with Gasteiger partial charge in [0.25, 0.3) is 0 Å². The van der Waals surface area contributed by atoms with Crippen LogP contribution < -0.4 is 0 Å². The van der Waals surface area contributed by atoms with Crippen LogP contribution in [-0.2, 0) is 16.1 Å². The molecule has 1 aromatic heterocycles. The number of aromatic nitrogens is 2. The van der Waals surface area contributed by atoms with Crippen molar-refractivity contribution in [2.45, 2.75) is 78.2 Å². The van der Waals surface area contributed by atoms with Crippen molar-refractivity contribution >= 4 is 5.78 Å². The van der Waals surface area contributed by atoms with E-state index in [2.05, 4.69) is 18.8 Å². The average Bonchev–Trinajstić information content (AvgIpc) is 3.38. The number of hydrogen-bond donors (Lipinski definition) is 1. The smallest absolute Gasteiger partial charge is 0.156 e. The molecule has 0 unspecified atom stereocenters. The summed E-state index contributed by atoms with van der Waals surface area (Å²) in [5.74, 6) is 3.39. The molecular weight excluding hydrogens is 388 g/mol. The molecule has 1 N–H and O–H groups in total. The first-order valence-electron chi connectivity index (χ1n) is 12.5. The van der Waals surface area contributed by atoms with Gasteiger partial charge in [0, 0.05) is 38.6 Å². The summed E-state index contributed by atoms with van der Waals surface area (Å²) in [7, 11) is 1.81. The zero-order chi connectivity index (χ0) is 22.1. The molecule has 0 aliphatic heterocycles. The Hall–Kier alpha value is -1.20. The molecule has 1 aromatic rings. The first-order chi connectivity index (χ1) is 14.9. The standard InChI is InChI=1S/C26H42N2O3/c1-25(11-4-15-29)19(10-16-31-3)5-6-20-21-7-8-23(26(21,2)12-9-22(20)25)24(30)17-28-14-13-27-18-28/h13-14,18-23,29H,4-12,15-17H2,1-3H3/t19-,20-,21-,22-,23+,25-,26-/m0/s1. The van der Waals surface area contributed by atoms with Gasteiger partial charge < -0.3 is 14.4 Å². The maximum absolute atomic E-state index is 13.3. The second-order valence-corrected chi connectivity index (χ2v) is 11.1. The van der Waals surface area contributed by atoms with E-state index in [1.807, 2.05) is 17.9 Å². The van der Waals surface area contributed by atoms with Crippen LogP contribution in [0.1, 0.15) is 71.6 Å². The molecule has 3 fully saturated rings. The molecule has 0 spiro atoms. The number of ether oxygens (including phenoxy) is 1. The molecule has 7 atom stereocenters. The Bertz CT molecular complexity index is 735. The molecule has 5 heteroatoms. The highest BCUT2D eigenvalue weighted by molar-refractivity contribution is 5.82. The summed E-state index contributed by atoms with van der Waals surface area (Å²) in [6.45, 7) is 6.53. The molecule has 31 heavy (non-hydrogen) atoms. The van der Waals surface area contributed by atoms with E-state index < -0.39 is 0 Å². The number of fused-ring (bicyclic) bond motifs is 3. The number of Topliss-reactive ketones (excluding diaryl/α,β-unsaturated/α-hetero) is 1. The van der Waals surface area contributed by atoms with E-state index in [1.54, 1.807) is 12.5 Å². The number of hydrogen-bond acceptors (Lipinski definition) is 4. The van der Waals surface area contributed by atoms with E-state index in [-0.39, 0.29) is 23.4 Å². The van der Waals surface area contributed by atoms with Crippen LogP contribution in [0, 0.1) is 40.4 Å². The van der Waals surface area contributed by atoms with Crippen molar-refractivity contribution in [2.24, 2.45) is 40.4 Å². The summed E-state index contributed by atoms with van der Waals surface area (Å²) in [4.78, 5) is 17.4. The summed E-state index contributed by atoms with van der Waals surface area (Å²) in [6.07, 6.45) is 15.8. The minimum atomic E-state index is 0.149. The topological polar surface area (TPSA) is 64.4 Å². The van der Waals surface area contributed by atoms with E-state index in [0.717, 1.165) is 44.1 Å². The van der Waals surface area contributed by atoms with Crippen LogP contribution in [0.2, 0.25) is 0 Å². The molecule has 0 amide bonds. The number of nitrogens with zero attached hydrogens (tertiary/aromatic N) is 2. The summed E-state index contributed by atoms with van der Waals surface area (Å²) in [5.41, 5.74) is 0.431. The number of ketones is 1. The van der Waals surface area contributed by atoms with Crippen molar-refractivity contribution in [2.75, 3.05) is 20.3 Å². The Labute approximate surface area is 188 Å². The van der Waals surface area contributed by atoms with Crippen LogP contribution in [-0.4, -0.2) is 40.8 Å². The highest BCUT2D eigenvalue weighted by Crippen LogP contribution is 2.66. The number of aliphatic hydroxyl groups excluding tert-OH is 1. The maximum Gasteiger partial charge on any atom is 0.156 e. The number of imidazole rings is 1. The van der Waals surface area contributed by atoms with Gasteiger partial charge in [-0.15, -0.1) is 0 Å². The average molecular weight is 431 g/mol. The largest absolute Gasteiger partial charge is 0.396 e. The lowest BCUT2D eigenvalue weighted by atomic mass is 9.46. The Morgan fingerprint density at radius 2 is 2.03 bits per heavy atom. The molecular formula is C26H42N2O3. The fourth-order valence-electron chi connectivity index (χ4n) is 8.32. The Kier molecular flexibility index (Phi) is 6.93. The number of carbonyl (C=O) groups excluding carboxylic acids is 1. The van der Waals surface area contributed by atoms with Crippen molar-refractivity contribution in [1.82, 2.24) is 9.55 Å². The quantitative estimate of drug-likeness (QED) is 0.615. The highest BCUT2D eigenvalue weighted by Gasteiger charge is 2.60. The molecule has 0 aromatic carbocycles. The van der Waals surface area contributed by atoms with Crippen LogP contribution in [0.5, 0.6) is 0 Å². The third kappa shape index (κ3) is 4.13. The zero-order valence-electron chi connectivity index (χ0n) is 19.8. The lowest BCUT2D eigenvalue weighted by Crippen LogP contribution is -2.52. The first-order valence-corrected chi connectivity index (χ1v) is 12.5. The predicted octanol–water partition coefficient (Wildman–Crippen LogP) is 4.74. The molecule has 0 radical (unpaired) electrons. The van der Waals surface area contributed by atoms with Gasteiger partial charge in [-0.1, -0.05) is 13.8 Å². The van der Waals surface area contributed by atoms with Gasteiger partial charge in [-0.2, -0.15) is 0 Å². The van der Waals surface area contributed by atoms with Gasteiger partial charge in [-0.25, -0.2) is 4.98 Å². The zero-order valence-corrected chi connectivity index (χ0v) is 19.8. The minimum Gasteiger partial charge on any atom is -0.396 e. The monoisotopic (exact) mass is 430 g/mol. The van der Waals surface area contributed by atoms with E-state index in [4.69, 9.17) is 4.74 Å². The van der Waals surface area contributed by atoms with E-state index in [0.29, 0.717) is 24.2 Å². The van der Waals surface area contributed by atoms with Gasteiger partial charge in [0.05, 0.1) is 12.9 Å². The molecule has 3 aliphatic carbocycles. The van der Waals surface area contributed by atoms with Crippen LogP contribution in [0.15, 0.2) is 18.7 Å². The van der Waals surface area contributed by atoms with Gasteiger partial charge in [0.2, 0.25) is 0 Å². The second-order valence-electron chi connectivity index (χ2n) is 11.1. The summed E-state index contributed by atoms with van der Waals surface area (Å²) < 4.78 is 7.38. The number of carbonyl (C=O) groups is 1. The van der Waals surface area contributed by atoms with Crippen LogP contribution >= 0.6 is 0 Å². The normalized spacial score (nSPS) is 39.8. The minimum absolute atomic E-state index is 0.149. The van der Waals surface area contributed by atoms with Crippen molar-refractivity contribution in [3.05, 3.63) is 18.7 Å². The summed E-state index contributed by atoms with van der Waals surface area (Å²) in [6, 6.07) is 0. The van der Waals surface area contributed by atoms with Crippen molar-refractivity contribution in [3.8, 4) is 0 Å². The highest BCUT2D eigenvalue weighted by atomic mass is 16.5. The fraction of sp³-hybridized carbons (Fsp3) is 0.846. The third-order valence-corrected chi connectivity index (χ3v) is 9.90. The van der Waals surface area contributed by atoms with Gasteiger partial charge >= 0.3 is 0 Å². The Morgan fingerprint density at radius 1 is 1.19 bits per heavy atom. The van der Waals surface area contributed by atoms with Gasteiger partial charge in [-0.05, 0) is 92.3 Å². The lowest BCUT2D eigenvalue weighted by molar-refractivity contribution is -0.134. The number of methoxy groups -OCH3 is 1. The Morgan fingerprint density at radius 3 is 2.74 bits per heavy atom. The predicted molar refractivity (Wildman–Crippen MR) is 121 cm³/mol. The molecule has 174 valence electrons. The third-order valence-electron chi connectivity index (χ3n) is 9.90. The first kappa shape index (κ1) is 23.0. The molecule has 5 nitrogen and oxygen atoms in total. The second kappa shape index (κ2) is 9.35. The maximum atomic E-state index is 13.3. The van der Waals surface area contributed by atoms with Gasteiger partial charge in [0.15, 0.2) is 5.78 Å². The molecule has 3 aliphatic rings. The fourth-order valence-corrected chi connectivity index (χ4v) is 8.32. The summed E-state index contributed by atoms with van der Waals surface area (Å²) in [5, 5.41) is 9.59. The number of aliphatic hydroxyl groups is 1.